The third kappa shape index (κ3) is 5.68. The number of aryl methyl sites for hydroxylation is 1. The van der Waals surface area contributed by atoms with Crippen molar-refractivity contribution in [3.05, 3.63) is 39.7 Å². The molecule has 0 saturated carbocycles. The summed E-state index contributed by atoms with van der Waals surface area (Å²) in [5.74, 6) is 1.02. The maximum atomic E-state index is 11.8. The fourth-order valence-electron chi connectivity index (χ4n) is 1.60. The average molecular weight is 431 g/mol. The number of anilines is 2. The normalized spacial score (nSPS) is 10.3. The van der Waals surface area contributed by atoms with Gasteiger partial charge in [0.25, 0.3) is 0 Å². The molecule has 8 heteroatoms. The zero-order valence-electron chi connectivity index (χ0n) is 11.8. The van der Waals surface area contributed by atoms with Crippen LogP contribution in [-0.2, 0) is 9.59 Å². The van der Waals surface area contributed by atoms with Gasteiger partial charge in [-0.15, -0.1) is 11.8 Å². The molecule has 0 fully saturated rings. The third-order valence-electron chi connectivity index (χ3n) is 2.47. The van der Waals surface area contributed by atoms with Crippen LogP contribution < -0.4 is 10.6 Å². The Hall–Kier alpha value is -1.55. The Morgan fingerprint density at radius 2 is 1.95 bits per heavy atom. The molecule has 0 aliphatic rings. The molecule has 1 aromatic carbocycles. The van der Waals surface area contributed by atoms with Gasteiger partial charge < -0.3 is 15.2 Å². The van der Waals surface area contributed by atoms with E-state index in [2.05, 4.69) is 38.4 Å². The molecule has 22 heavy (non-hydrogen) atoms. The van der Waals surface area contributed by atoms with Gasteiger partial charge >= 0.3 is 0 Å². The van der Waals surface area contributed by atoms with Gasteiger partial charge in [-0.2, -0.15) is 0 Å². The Morgan fingerprint density at radius 1 is 1.23 bits per heavy atom. The van der Waals surface area contributed by atoms with Crippen LogP contribution in [0.15, 0.2) is 34.9 Å². The van der Waals surface area contributed by atoms with Crippen molar-refractivity contribution >= 4 is 57.7 Å². The first-order valence-corrected chi connectivity index (χ1v) is 8.62. The lowest BCUT2D eigenvalue weighted by Crippen LogP contribution is -2.18. The van der Waals surface area contributed by atoms with E-state index in [4.69, 9.17) is 4.52 Å². The molecular formula is C14H14IN3O3S. The number of hydrogen-bond donors (Lipinski definition) is 2. The summed E-state index contributed by atoms with van der Waals surface area (Å²) in [7, 11) is 0. The van der Waals surface area contributed by atoms with Crippen LogP contribution in [0.5, 0.6) is 0 Å². The van der Waals surface area contributed by atoms with Crippen LogP contribution in [0.2, 0.25) is 0 Å². The van der Waals surface area contributed by atoms with Crippen molar-refractivity contribution in [1.29, 1.82) is 0 Å². The lowest BCUT2D eigenvalue weighted by atomic mass is 10.3. The Kier molecular flexibility index (Phi) is 6.25. The monoisotopic (exact) mass is 431 g/mol. The first-order chi connectivity index (χ1) is 10.5. The summed E-state index contributed by atoms with van der Waals surface area (Å²) in [4.78, 5) is 23.4. The highest BCUT2D eigenvalue weighted by Gasteiger charge is 2.08. The Balaban J connectivity index is 1.69. The number of nitrogens with one attached hydrogen (secondary N) is 2. The van der Waals surface area contributed by atoms with Gasteiger partial charge in [0, 0.05) is 15.3 Å². The lowest BCUT2D eigenvalue weighted by Gasteiger charge is -2.05. The number of rotatable bonds is 6. The maximum Gasteiger partial charge on any atom is 0.235 e. The van der Waals surface area contributed by atoms with Crippen LogP contribution in [0.25, 0.3) is 0 Å². The molecule has 2 N–H and O–H groups in total. The SMILES string of the molecule is Cc1cc(NC(=O)CSCC(=O)Nc2cccc(I)c2)no1. The summed E-state index contributed by atoms with van der Waals surface area (Å²) in [6.45, 7) is 1.74. The Labute approximate surface area is 145 Å². The van der Waals surface area contributed by atoms with Crippen molar-refractivity contribution < 1.29 is 14.1 Å². The van der Waals surface area contributed by atoms with Gasteiger partial charge in [0.1, 0.15) is 5.76 Å². The van der Waals surface area contributed by atoms with Crippen molar-refractivity contribution in [1.82, 2.24) is 5.16 Å². The molecular weight excluding hydrogens is 417 g/mol. The summed E-state index contributed by atoms with van der Waals surface area (Å²) in [5.41, 5.74) is 0.750. The van der Waals surface area contributed by atoms with Gasteiger partial charge in [0.15, 0.2) is 5.82 Å². The minimum absolute atomic E-state index is 0.142. The number of aromatic nitrogens is 1. The second kappa shape index (κ2) is 8.18. The number of carbonyl (C=O) groups excluding carboxylic acids is 2. The predicted octanol–water partition coefficient (Wildman–Crippen LogP) is 2.90. The lowest BCUT2D eigenvalue weighted by molar-refractivity contribution is -0.114. The molecule has 0 saturated heterocycles. The molecule has 2 rings (SSSR count). The van der Waals surface area contributed by atoms with Crippen molar-refractivity contribution in [3.63, 3.8) is 0 Å². The fourth-order valence-corrected chi connectivity index (χ4v) is 2.76. The standard InChI is InChI=1S/C14H14IN3O3S/c1-9-5-12(18-21-9)17-14(20)8-22-7-13(19)16-11-4-2-3-10(15)6-11/h2-6H,7-8H2,1H3,(H,16,19)(H,17,18,20). The molecule has 0 unspecified atom stereocenters. The molecule has 1 aromatic heterocycles. The number of amides is 2. The highest BCUT2D eigenvalue weighted by molar-refractivity contribution is 14.1. The topological polar surface area (TPSA) is 84.2 Å². The zero-order valence-corrected chi connectivity index (χ0v) is 14.7. The first-order valence-electron chi connectivity index (χ1n) is 6.39. The van der Waals surface area contributed by atoms with E-state index in [0.29, 0.717) is 11.6 Å². The number of thioether (sulfide) groups is 1. The third-order valence-corrected chi connectivity index (χ3v) is 4.07. The molecule has 0 radical (unpaired) electrons. The smallest absolute Gasteiger partial charge is 0.235 e. The number of halogens is 1. The van der Waals surface area contributed by atoms with Crippen LogP contribution in [0.3, 0.4) is 0 Å². The largest absolute Gasteiger partial charge is 0.360 e. The molecule has 6 nitrogen and oxygen atoms in total. The minimum atomic E-state index is -0.222. The molecule has 0 aliphatic carbocycles. The van der Waals surface area contributed by atoms with E-state index >= 15 is 0 Å². The summed E-state index contributed by atoms with van der Waals surface area (Å²) < 4.78 is 5.89. The zero-order chi connectivity index (χ0) is 15.9. The van der Waals surface area contributed by atoms with E-state index in [9.17, 15) is 9.59 Å². The molecule has 116 valence electrons. The van der Waals surface area contributed by atoms with Crippen LogP contribution in [0.1, 0.15) is 5.76 Å². The molecule has 0 spiro atoms. The van der Waals surface area contributed by atoms with Gasteiger partial charge in [0.2, 0.25) is 11.8 Å². The van der Waals surface area contributed by atoms with E-state index in [0.717, 1.165) is 9.26 Å². The second-order valence-electron chi connectivity index (χ2n) is 4.42. The van der Waals surface area contributed by atoms with Gasteiger partial charge in [-0.1, -0.05) is 11.2 Å². The van der Waals surface area contributed by atoms with Crippen molar-refractivity contribution in [2.45, 2.75) is 6.92 Å². The van der Waals surface area contributed by atoms with Crippen molar-refractivity contribution in [2.75, 3.05) is 22.1 Å². The summed E-state index contributed by atoms with van der Waals surface area (Å²) in [5, 5.41) is 9.05. The molecule has 2 aromatic rings. The maximum absolute atomic E-state index is 11.8. The van der Waals surface area contributed by atoms with E-state index in [1.807, 2.05) is 24.3 Å². The second-order valence-corrected chi connectivity index (χ2v) is 6.65. The minimum Gasteiger partial charge on any atom is -0.360 e. The number of nitrogens with zero attached hydrogens (tertiary/aromatic N) is 1. The molecule has 0 bridgehead atoms. The van der Waals surface area contributed by atoms with Crippen LogP contribution in [0, 0.1) is 10.5 Å². The molecule has 0 aliphatic heterocycles. The van der Waals surface area contributed by atoms with E-state index < -0.39 is 0 Å². The van der Waals surface area contributed by atoms with E-state index in [1.54, 1.807) is 13.0 Å². The summed E-state index contributed by atoms with van der Waals surface area (Å²) >= 11 is 3.41. The summed E-state index contributed by atoms with van der Waals surface area (Å²) in [6, 6.07) is 9.15. The highest BCUT2D eigenvalue weighted by atomic mass is 127. The van der Waals surface area contributed by atoms with Crippen molar-refractivity contribution in [3.8, 4) is 0 Å². The molecule has 2 amide bonds. The van der Waals surface area contributed by atoms with Crippen LogP contribution >= 0.6 is 34.4 Å². The number of carbonyl (C=O) groups is 2. The Morgan fingerprint density at radius 3 is 2.59 bits per heavy atom. The van der Waals surface area contributed by atoms with E-state index in [-0.39, 0.29) is 23.3 Å². The first kappa shape index (κ1) is 16.8. The van der Waals surface area contributed by atoms with Gasteiger partial charge in [-0.3, -0.25) is 9.59 Å². The van der Waals surface area contributed by atoms with Crippen LogP contribution in [-0.4, -0.2) is 28.5 Å². The van der Waals surface area contributed by atoms with Gasteiger partial charge in [0.05, 0.1) is 11.5 Å². The van der Waals surface area contributed by atoms with Crippen LogP contribution in [0.4, 0.5) is 11.5 Å². The number of hydrogen-bond acceptors (Lipinski definition) is 5. The van der Waals surface area contributed by atoms with Crippen molar-refractivity contribution in [2.24, 2.45) is 0 Å². The van der Waals surface area contributed by atoms with E-state index in [1.165, 1.54) is 11.8 Å². The summed E-state index contributed by atoms with van der Waals surface area (Å²) in [6.07, 6.45) is 0. The van der Waals surface area contributed by atoms with Gasteiger partial charge in [-0.05, 0) is 47.7 Å². The van der Waals surface area contributed by atoms with Gasteiger partial charge in [-0.25, -0.2) is 0 Å². The Bertz CT molecular complexity index is 675. The predicted molar refractivity (Wildman–Crippen MR) is 95.0 cm³/mol. The highest BCUT2D eigenvalue weighted by Crippen LogP contribution is 2.13. The average Bonchev–Trinajstić information content (AvgIpc) is 2.84. The molecule has 0 atom stereocenters. The molecule has 1 heterocycles. The quantitative estimate of drug-likeness (QED) is 0.688. The fraction of sp³-hybridized carbons (Fsp3) is 0.214. The number of benzene rings is 1.